The molecule has 23 heavy (non-hydrogen) atoms. The molecule has 0 spiro atoms. The van der Waals surface area contributed by atoms with E-state index in [4.69, 9.17) is 0 Å². The van der Waals surface area contributed by atoms with Crippen LogP contribution in [-0.4, -0.2) is 17.4 Å². The minimum Gasteiger partial charge on any atom is -0.333 e. The van der Waals surface area contributed by atoms with E-state index in [1.807, 2.05) is 30.0 Å². The lowest BCUT2D eigenvalue weighted by Gasteiger charge is -2.28. The third-order valence-electron chi connectivity index (χ3n) is 4.52. The highest BCUT2D eigenvalue weighted by Crippen LogP contribution is 2.34. The number of hydrogen-bond acceptors (Lipinski definition) is 2. The Morgan fingerprint density at radius 1 is 1.13 bits per heavy atom. The molecule has 0 bridgehead atoms. The van der Waals surface area contributed by atoms with Gasteiger partial charge in [-0.2, -0.15) is 0 Å². The van der Waals surface area contributed by atoms with Gasteiger partial charge in [-0.05, 0) is 42.2 Å². The number of rotatable bonds is 1. The molecule has 2 aromatic carbocycles. The fraction of sp³-hybridized carbons (Fsp3) is 0.211. The largest absolute Gasteiger partial charge is 0.333 e. The molecule has 1 aromatic heterocycles. The Morgan fingerprint density at radius 3 is 2.70 bits per heavy atom. The first-order valence-electron chi connectivity index (χ1n) is 7.69. The van der Waals surface area contributed by atoms with E-state index in [0.29, 0.717) is 23.4 Å². The standard InChI is InChI=1S/C19H16FNOS/c1-12-17-15(20)7-4-8-16(17)23-18(12)19(22)21-10-9-13-5-2-3-6-14(13)11-21/h2-8H,9-11H2,1H3. The molecule has 0 aliphatic carbocycles. The molecular formula is C19H16FNOS. The highest BCUT2D eigenvalue weighted by Gasteiger charge is 2.25. The third-order valence-corrected chi connectivity index (χ3v) is 5.76. The second-order valence-corrected chi connectivity index (χ2v) is 6.97. The van der Waals surface area contributed by atoms with Gasteiger partial charge in [-0.3, -0.25) is 4.79 Å². The molecule has 2 nitrogen and oxygen atoms in total. The number of fused-ring (bicyclic) bond motifs is 2. The normalized spacial score (nSPS) is 14.1. The van der Waals surface area contributed by atoms with Crippen molar-refractivity contribution >= 4 is 27.3 Å². The summed E-state index contributed by atoms with van der Waals surface area (Å²) in [5.74, 6) is -0.239. The molecule has 3 aromatic rings. The molecular weight excluding hydrogens is 309 g/mol. The first-order chi connectivity index (χ1) is 11.1. The zero-order valence-corrected chi connectivity index (χ0v) is 13.6. The van der Waals surface area contributed by atoms with Crippen LogP contribution in [0.3, 0.4) is 0 Å². The molecule has 116 valence electrons. The molecule has 0 radical (unpaired) electrons. The zero-order chi connectivity index (χ0) is 16.0. The average molecular weight is 325 g/mol. The van der Waals surface area contributed by atoms with Gasteiger partial charge in [0.15, 0.2) is 0 Å². The second kappa shape index (κ2) is 5.46. The highest BCUT2D eigenvalue weighted by atomic mass is 32.1. The maximum Gasteiger partial charge on any atom is 0.264 e. The van der Waals surface area contributed by atoms with Crippen molar-refractivity contribution in [2.45, 2.75) is 19.9 Å². The van der Waals surface area contributed by atoms with Crippen molar-refractivity contribution in [2.75, 3.05) is 6.54 Å². The summed E-state index contributed by atoms with van der Waals surface area (Å²) in [6.45, 7) is 3.18. The molecule has 0 saturated carbocycles. The van der Waals surface area contributed by atoms with E-state index in [-0.39, 0.29) is 11.7 Å². The Labute approximate surface area is 138 Å². The number of hydrogen-bond donors (Lipinski definition) is 0. The second-order valence-electron chi connectivity index (χ2n) is 5.91. The molecule has 0 fully saturated rings. The minimum atomic E-state index is -0.251. The van der Waals surface area contributed by atoms with Crippen LogP contribution in [0, 0.1) is 12.7 Å². The van der Waals surface area contributed by atoms with Gasteiger partial charge in [-0.1, -0.05) is 30.3 Å². The molecule has 1 aliphatic heterocycles. The highest BCUT2D eigenvalue weighted by molar-refractivity contribution is 7.21. The lowest BCUT2D eigenvalue weighted by Crippen LogP contribution is -2.35. The SMILES string of the molecule is Cc1c(C(=O)N2CCc3ccccc3C2)sc2cccc(F)c12. The number of halogens is 1. The maximum absolute atomic E-state index is 14.0. The van der Waals surface area contributed by atoms with E-state index in [0.717, 1.165) is 16.7 Å². The summed E-state index contributed by atoms with van der Waals surface area (Å²) in [5.41, 5.74) is 3.28. The number of nitrogens with zero attached hydrogens (tertiary/aromatic N) is 1. The van der Waals surface area contributed by atoms with Gasteiger partial charge in [0.2, 0.25) is 0 Å². The summed E-state index contributed by atoms with van der Waals surface area (Å²) in [4.78, 5) is 15.5. The Balaban J connectivity index is 1.71. The smallest absolute Gasteiger partial charge is 0.264 e. The predicted molar refractivity (Wildman–Crippen MR) is 91.4 cm³/mol. The molecule has 0 saturated heterocycles. The van der Waals surface area contributed by atoms with Crippen molar-refractivity contribution in [2.24, 2.45) is 0 Å². The van der Waals surface area contributed by atoms with Crippen molar-refractivity contribution in [1.82, 2.24) is 4.90 Å². The molecule has 4 heteroatoms. The van der Waals surface area contributed by atoms with Crippen LogP contribution in [0.5, 0.6) is 0 Å². The number of amides is 1. The third kappa shape index (κ3) is 2.34. The van der Waals surface area contributed by atoms with Crippen molar-refractivity contribution in [3.8, 4) is 0 Å². The monoisotopic (exact) mass is 325 g/mol. The van der Waals surface area contributed by atoms with E-state index in [1.165, 1.54) is 28.5 Å². The van der Waals surface area contributed by atoms with E-state index in [9.17, 15) is 9.18 Å². The van der Waals surface area contributed by atoms with E-state index < -0.39 is 0 Å². The van der Waals surface area contributed by atoms with Crippen LogP contribution >= 0.6 is 11.3 Å². The van der Waals surface area contributed by atoms with Crippen LogP contribution in [-0.2, 0) is 13.0 Å². The summed E-state index contributed by atoms with van der Waals surface area (Å²) in [7, 11) is 0. The topological polar surface area (TPSA) is 20.3 Å². The molecule has 0 unspecified atom stereocenters. The number of benzene rings is 2. The van der Waals surface area contributed by atoms with Gasteiger partial charge < -0.3 is 4.90 Å². The first kappa shape index (κ1) is 14.4. The first-order valence-corrected chi connectivity index (χ1v) is 8.50. The summed E-state index contributed by atoms with van der Waals surface area (Å²) >= 11 is 1.39. The average Bonchev–Trinajstić information content (AvgIpc) is 2.92. The minimum absolute atomic E-state index is 0.0117. The summed E-state index contributed by atoms with van der Waals surface area (Å²) < 4.78 is 14.9. The fourth-order valence-corrected chi connectivity index (χ4v) is 4.46. The molecule has 4 rings (SSSR count). The number of carbonyl (C=O) groups excluding carboxylic acids is 1. The van der Waals surface area contributed by atoms with Crippen LogP contribution in [0.2, 0.25) is 0 Å². The summed E-state index contributed by atoms with van der Waals surface area (Å²) in [5, 5.41) is 0.582. The van der Waals surface area contributed by atoms with Gasteiger partial charge in [0, 0.05) is 23.2 Å². The predicted octanol–water partition coefficient (Wildman–Crippen LogP) is 4.55. The number of thiophene rings is 1. The molecule has 2 heterocycles. The van der Waals surface area contributed by atoms with Crippen LogP contribution < -0.4 is 0 Å². The van der Waals surface area contributed by atoms with Crippen LogP contribution in [0.1, 0.15) is 26.4 Å². The van der Waals surface area contributed by atoms with Crippen molar-refractivity contribution in [1.29, 1.82) is 0 Å². The Morgan fingerprint density at radius 2 is 1.91 bits per heavy atom. The van der Waals surface area contributed by atoms with E-state index in [1.54, 1.807) is 6.07 Å². The van der Waals surface area contributed by atoms with Crippen LogP contribution in [0.25, 0.3) is 10.1 Å². The van der Waals surface area contributed by atoms with E-state index >= 15 is 0 Å². The van der Waals surface area contributed by atoms with Gasteiger partial charge >= 0.3 is 0 Å². The summed E-state index contributed by atoms with van der Waals surface area (Å²) in [6.07, 6.45) is 0.875. The van der Waals surface area contributed by atoms with Gasteiger partial charge in [-0.25, -0.2) is 4.39 Å². The van der Waals surface area contributed by atoms with Crippen molar-refractivity contribution in [3.63, 3.8) is 0 Å². The number of aryl methyl sites for hydroxylation is 1. The Hall–Kier alpha value is -2.20. The molecule has 1 amide bonds. The van der Waals surface area contributed by atoms with Crippen molar-refractivity contribution < 1.29 is 9.18 Å². The lowest BCUT2D eigenvalue weighted by atomic mass is 9.99. The zero-order valence-electron chi connectivity index (χ0n) is 12.8. The van der Waals surface area contributed by atoms with Crippen LogP contribution in [0.15, 0.2) is 42.5 Å². The van der Waals surface area contributed by atoms with Gasteiger partial charge in [0.05, 0.1) is 4.88 Å². The van der Waals surface area contributed by atoms with Gasteiger partial charge in [-0.15, -0.1) is 11.3 Å². The van der Waals surface area contributed by atoms with E-state index in [2.05, 4.69) is 12.1 Å². The Bertz CT molecular complexity index is 915. The van der Waals surface area contributed by atoms with Gasteiger partial charge in [0.25, 0.3) is 5.91 Å². The van der Waals surface area contributed by atoms with Crippen LogP contribution in [0.4, 0.5) is 4.39 Å². The summed E-state index contributed by atoms with van der Waals surface area (Å²) in [6, 6.07) is 13.3. The lowest BCUT2D eigenvalue weighted by molar-refractivity contribution is 0.0739. The quantitative estimate of drug-likeness (QED) is 0.643. The molecule has 0 N–H and O–H groups in total. The maximum atomic E-state index is 14.0. The van der Waals surface area contributed by atoms with Crippen molar-refractivity contribution in [3.05, 3.63) is 69.8 Å². The fourth-order valence-electron chi connectivity index (χ4n) is 3.27. The van der Waals surface area contributed by atoms with Gasteiger partial charge in [0.1, 0.15) is 5.82 Å². The molecule has 0 atom stereocenters. The Kier molecular flexibility index (Phi) is 3.42. The number of carbonyl (C=O) groups is 1. The molecule has 1 aliphatic rings.